The third-order valence-electron chi connectivity index (χ3n) is 4.18. The van der Waals surface area contributed by atoms with Gasteiger partial charge >= 0.3 is 0 Å². The highest BCUT2D eigenvalue weighted by atomic mass is 16.3. The van der Waals surface area contributed by atoms with Crippen LogP contribution in [0.4, 0.5) is 5.69 Å². The van der Waals surface area contributed by atoms with Crippen molar-refractivity contribution in [2.45, 2.75) is 45.1 Å². The lowest BCUT2D eigenvalue weighted by atomic mass is 9.99. The molecular formula is C17H26N2O2. The zero-order valence-electron chi connectivity index (χ0n) is 12.8. The molecule has 0 bridgehead atoms. The molecule has 2 N–H and O–H groups in total. The van der Waals surface area contributed by atoms with Crippen molar-refractivity contribution >= 4 is 11.6 Å². The Morgan fingerprint density at radius 1 is 1.43 bits per heavy atom. The van der Waals surface area contributed by atoms with Crippen molar-refractivity contribution < 1.29 is 9.90 Å². The molecule has 1 atom stereocenters. The third-order valence-corrected chi connectivity index (χ3v) is 4.18. The molecule has 0 spiro atoms. The highest BCUT2D eigenvalue weighted by molar-refractivity contribution is 5.92. The van der Waals surface area contributed by atoms with Crippen LogP contribution in [0.25, 0.3) is 0 Å². The number of hydrogen-bond acceptors (Lipinski definition) is 3. The van der Waals surface area contributed by atoms with Gasteiger partial charge in [-0.3, -0.25) is 9.69 Å². The van der Waals surface area contributed by atoms with E-state index in [0.717, 1.165) is 37.9 Å². The first-order valence-electron chi connectivity index (χ1n) is 7.96. The Morgan fingerprint density at radius 2 is 2.29 bits per heavy atom. The van der Waals surface area contributed by atoms with E-state index in [2.05, 4.69) is 23.2 Å². The summed E-state index contributed by atoms with van der Waals surface area (Å²) in [5.74, 6) is 0.0353. The number of aliphatic hydroxyl groups excluding tert-OH is 1. The van der Waals surface area contributed by atoms with Crippen LogP contribution in [0, 0.1) is 0 Å². The summed E-state index contributed by atoms with van der Waals surface area (Å²) in [6.07, 6.45) is 5.15. The van der Waals surface area contributed by atoms with Gasteiger partial charge < -0.3 is 10.4 Å². The molecule has 116 valence electrons. The van der Waals surface area contributed by atoms with Gasteiger partial charge in [-0.25, -0.2) is 0 Å². The predicted octanol–water partition coefficient (Wildman–Crippen LogP) is 2.42. The van der Waals surface area contributed by atoms with Crippen LogP contribution in [-0.2, 0) is 11.2 Å². The molecule has 2 rings (SSSR count). The Balaban J connectivity index is 1.90. The maximum absolute atomic E-state index is 12.2. The first kappa shape index (κ1) is 16.0. The van der Waals surface area contributed by atoms with Crippen LogP contribution in [0.1, 0.15) is 38.2 Å². The van der Waals surface area contributed by atoms with Crippen LogP contribution in [0.3, 0.4) is 0 Å². The van der Waals surface area contributed by atoms with Crippen LogP contribution in [0.2, 0.25) is 0 Å². The summed E-state index contributed by atoms with van der Waals surface area (Å²) >= 11 is 0. The van der Waals surface area contributed by atoms with E-state index in [4.69, 9.17) is 5.11 Å². The molecule has 0 saturated carbocycles. The molecule has 0 aromatic heterocycles. The Labute approximate surface area is 127 Å². The molecule has 1 aromatic rings. The minimum Gasteiger partial charge on any atom is -0.396 e. The Morgan fingerprint density at radius 3 is 3.05 bits per heavy atom. The molecule has 1 unspecified atom stereocenters. The van der Waals surface area contributed by atoms with E-state index < -0.39 is 0 Å². The average Bonchev–Trinajstić information content (AvgIpc) is 2.49. The predicted molar refractivity (Wildman–Crippen MR) is 85.4 cm³/mol. The maximum atomic E-state index is 12.2. The first-order chi connectivity index (χ1) is 10.2. The van der Waals surface area contributed by atoms with Gasteiger partial charge in [-0.05, 0) is 49.9 Å². The summed E-state index contributed by atoms with van der Waals surface area (Å²) in [4.78, 5) is 14.4. The van der Waals surface area contributed by atoms with Gasteiger partial charge in [0.1, 0.15) is 0 Å². The van der Waals surface area contributed by atoms with Crippen molar-refractivity contribution in [3.8, 4) is 0 Å². The Kier molecular flexibility index (Phi) is 6.21. The molecule has 0 aliphatic carbocycles. The van der Waals surface area contributed by atoms with Gasteiger partial charge in [-0.1, -0.05) is 25.5 Å². The molecule has 1 amide bonds. The van der Waals surface area contributed by atoms with Crippen molar-refractivity contribution in [1.29, 1.82) is 0 Å². The van der Waals surface area contributed by atoms with E-state index in [0.29, 0.717) is 12.6 Å². The SMILES string of the molecule is CCc1cccc(NC(=O)CN2CCCCC2CCO)c1. The third kappa shape index (κ3) is 4.83. The normalized spacial score (nSPS) is 19.4. The minimum absolute atomic E-state index is 0.0353. The molecule has 1 aliphatic heterocycles. The molecule has 1 fully saturated rings. The molecule has 4 nitrogen and oxygen atoms in total. The largest absolute Gasteiger partial charge is 0.396 e. The molecule has 21 heavy (non-hydrogen) atoms. The molecule has 1 heterocycles. The fourth-order valence-electron chi connectivity index (χ4n) is 3.00. The van der Waals surface area contributed by atoms with Gasteiger partial charge in [-0.15, -0.1) is 0 Å². The number of nitrogens with one attached hydrogen (secondary N) is 1. The second kappa shape index (κ2) is 8.15. The zero-order chi connectivity index (χ0) is 15.1. The number of nitrogens with zero attached hydrogens (tertiary/aromatic N) is 1. The van der Waals surface area contributed by atoms with E-state index in [1.807, 2.05) is 18.2 Å². The highest BCUT2D eigenvalue weighted by Gasteiger charge is 2.23. The molecule has 1 aliphatic rings. The highest BCUT2D eigenvalue weighted by Crippen LogP contribution is 2.19. The first-order valence-corrected chi connectivity index (χ1v) is 7.96. The van der Waals surface area contributed by atoms with Crippen molar-refractivity contribution in [1.82, 2.24) is 4.90 Å². The molecule has 4 heteroatoms. The number of benzene rings is 1. The Bertz CT molecular complexity index is 460. The van der Waals surface area contributed by atoms with Crippen LogP contribution >= 0.6 is 0 Å². The molecule has 1 saturated heterocycles. The topological polar surface area (TPSA) is 52.6 Å². The standard InChI is InChI=1S/C17H26N2O2/c1-2-14-6-5-7-15(12-14)18-17(21)13-19-10-4-3-8-16(19)9-11-20/h5-7,12,16,20H,2-4,8-11,13H2,1H3,(H,18,21). The number of aryl methyl sites for hydroxylation is 1. The molecule has 0 radical (unpaired) electrons. The number of amides is 1. The summed E-state index contributed by atoms with van der Waals surface area (Å²) < 4.78 is 0. The second-order valence-corrected chi connectivity index (χ2v) is 5.73. The quantitative estimate of drug-likeness (QED) is 0.846. The lowest BCUT2D eigenvalue weighted by Crippen LogP contribution is -2.44. The maximum Gasteiger partial charge on any atom is 0.238 e. The van der Waals surface area contributed by atoms with Gasteiger partial charge in [0.05, 0.1) is 6.54 Å². The van der Waals surface area contributed by atoms with Gasteiger partial charge in [0, 0.05) is 18.3 Å². The van der Waals surface area contributed by atoms with Gasteiger partial charge in [-0.2, -0.15) is 0 Å². The van der Waals surface area contributed by atoms with Crippen LogP contribution in [0.5, 0.6) is 0 Å². The van der Waals surface area contributed by atoms with Crippen molar-refractivity contribution in [3.63, 3.8) is 0 Å². The lowest BCUT2D eigenvalue weighted by Gasteiger charge is -2.34. The summed E-state index contributed by atoms with van der Waals surface area (Å²) in [7, 11) is 0. The number of likely N-dealkylation sites (tertiary alicyclic amines) is 1. The summed E-state index contributed by atoms with van der Waals surface area (Å²) in [5, 5.41) is 12.1. The average molecular weight is 290 g/mol. The minimum atomic E-state index is 0.0353. The zero-order valence-corrected chi connectivity index (χ0v) is 12.8. The van der Waals surface area contributed by atoms with Crippen molar-refractivity contribution in [3.05, 3.63) is 29.8 Å². The Hall–Kier alpha value is -1.39. The monoisotopic (exact) mass is 290 g/mol. The number of aliphatic hydroxyl groups is 1. The lowest BCUT2D eigenvalue weighted by molar-refractivity contribution is -0.118. The van der Waals surface area contributed by atoms with E-state index in [-0.39, 0.29) is 12.5 Å². The second-order valence-electron chi connectivity index (χ2n) is 5.73. The summed E-state index contributed by atoms with van der Waals surface area (Å²) in [6, 6.07) is 8.34. The van der Waals surface area contributed by atoms with E-state index in [1.54, 1.807) is 0 Å². The van der Waals surface area contributed by atoms with Gasteiger partial charge in [0.15, 0.2) is 0 Å². The van der Waals surface area contributed by atoms with Crippen LogP contribution in [0.15, 0.2) is 24.3 Å². The molecular weight excluding hydrogens is 264 g/mol. The fraction of sp³-hybridized carbons (Fsp3) is 0.588. The van der Waals surface area contributed by atoms with Crippen molar-refractivity contribution in [2.75, 3.05) is 25.0 Å². The number of carbonyl (C=O) groups excluding carboxylic acids is 1. The van der Waals surface area contributed by atoms with E-state index in [9.17, 15) is 4.79 Å². The number of carbonyl (C=O) groups is 1. The van der Waals surface area contributed by atoms with Crippen LogP contribution < -0.4 is 5.32 Å². The molecule has 1 aromatic carbocycles. The number of anilines is 1. The van der Waals surface area contributed by atoms with Gasteiger partial charge in [0.2, 0.25) is 5.91 Å². The van der Waals surface area contributed by atoms with Crippen molar-refractivity contribution in [2.24, 2.45) is 0 Å². The summed E-state index contributed by atoms with van der Waals surface area (Å²) in [6.45, 7) is 3.67. The smallest absolute Gasteiger partial charge is 0.238 e. The van der Waals surface area contributed by atoms with E-state index >= 15 is 0 Å². The fourth-order valence-corrected chi connectivity index (χ4v) is 3.00. The number of rotatable bonds is 6. The van der Waals surface area contributed by atoms with Crippen LogP contribution in [-0.4, -0.2) is 41.7 Å². The number of hydrogen-bond donors (Lipinski definition) is 2. The van der Waals surface area contributed by atoms with Gasteiger partial charge in [0.25, 0.3) is 0 Å². The number of piperidine rings is 1. The van der Waals surface area contributed by atoms with E-state index in [1.165, 1.54) is 12.0 Å². The summed E-state index contributed by atoms with van der Waals surface area (Å²) in [5.41, 5.74) is 2.10.